The Kier molecular flexibility index (Phi) is 8.34. The van der Waals surface area contributed by atoms with Gasteiger partial charge in [-0.2, -0.15) is 26.6 Å². The molecule has 1 aliphatic heterocycles. The molecule has 16 nitrogen and oxygen atoms in total. The van der Waals surface area contributed by atoms with Crippen LogP contribution in [0.1, 0.15) is 16.1 Å². The Morgan fingerprint density at radius 3 is 2.33 bits per heavy atom. The summed E-state index contributed by atoms with van der Waals surface area (Å²) < 4.78 is 74.7. The molecule has 2 aliphatic rings. The quantitative estimate of drug-likeness (QED) is 0.166. The minimum absolute atomic E-state index is 0.120. The predicted octanol–water partition coefficient (Wildman–Crippen LogP) is 0.821. The predicted molar refractivity (Wildman–Crippen MR) is 147 cm³/mol. The molecule has 0 saturated heterocycles. The van der Waals surface area contributed by atoms with Crippen LogP contribution in [0.4, 0.5) is 0 Å². The first-order valence-corrected chi connectivity index (χ1v) is 14.5. The van der Waals surface area contributed by atoms with Crippen LogP contribution in [0.2, 0.25) is 0 Å². The average molecular weight is 633 g/mol. The van der Waals surface area contributed by atoms with E-state index in [1.807, 2.05) is 0 Å². The van der Waals surface area contributed by atoms with Crippen LogP contribution in [0.5, 0.6) is 5.88 Å². The van der Waals surface area contributed by atoms with Gasteiger partial charge in [-0.15, -0.1) is 5.10 Å². The second-order valence-corrected chi connectivity index (χ2v) is 11.4. The Morgan fingerprint density at radius 2 is 1.77 bits per heavy atom. The molecule has 224 valence electrons. The lowest BCUT2D eigenvalue weighted by atomic mass is 10.0. The number of esters is 1. The number of carbonyl (C=O) groups excluding carboxylic acids is 3. The van der Waals surface area contributed by atoms with Crippen LogP contribution in [-0.2, 0) is 39.3 Å². The van der Waals surface area contributed by atoms with Gasteiger partial charge in [-0.3, -0.25) is 13.9 Å². The molecule has 43 heavy (non-hydrogen) atoms. The Hall–Kier alpha value is -5.13. The van der Waals surface area contributed by atoms with Crippen molar-refractivity contribution >= 4 is 50.0 Å². The maximum absolute atomic E-state index is 13.2. The number of carbonyl (C=O) groups is 2. The van der Waals surface area contributed by atoms with Crippen LogP contribution in [-0.4, -0.2) is 89.8 Å². The molecule has 0 radical (unpaired) electrons. The molecule has 0 saturated carbocycles. The number of amides is 1. The second-order valence-electron chi connectivity index (χ2n) is 8.54. The van der Waals surface area contributed by atoms with Gasteiger partial charge in [0.05, 0.1) is 40.8 Å². The molecule has 2 heterocycles. The Morgan fingerprint density at radius 1 is 1.09 bits per heavy atom. The highest BCUT2D eigenvalue weighted by atomic mass is 32.2. The molecular formula is C25H20N4O12S2. The van der Waals surface area contributed by atoms with E-state index in [1.165, 1.54) is 43.4 Å². The van der Waals surface area contributed by atoms with Gasteiger partial charge in [-0.05, 0) is 48.6 Å². The van der Waals surface area contributed by atoms with Gasteiger partial charge in [0.25, 0.3) is 26.1 Å². The lowest BCUT2D eigenvalue weighted by Crippen LogP contribution is -2.35. The molecule has 1 amide bonds. The molecular weight excluding hydrogens is 612 g/mol. The number of nitrogens with zero attached hydrogens (tertiary/aromatic N) is 4. The van der Waals surface area contributed by atoms with Gasteiger partial charge in [0, 0.05) is 0 Å². The van der Waals surface area contributed by atoms with Crippen LogP contribution in [0, 0.1) is 0 Å². The van der Waals surface area contributed by atoms with Crippen molar-refractivity contribution in [2.24, 2.45) is 5.10 Å². The minimum Gasteiger partial charge on any atom is -0.493 e. The SMILES string of the molecule is COC(=O)c1nn(-c2ccc(S(=O)(=O)O)cc2)c(O)c1C=CC=C1C(=O)N(C2C=CC(S(=O)(=O)O)=CC2=C=O)N=C1OC. The summed E-state index contributed by atoms with van der Waals surface area (Å²) in [4.78, 5) is 36.1. The van der Waals surface area contributed by atoms with Gasteiger partial charge < -0.3 is 14.6 Å². The van der Waals surface area contributed by atoms with E-state index in [0.717, 1.165) is 47.2 Å². The minimum atomic E-state index is -4.64. The maximum Gasteiger partial charge on any atom is 0.359 e. The first-order valence-electron chi connectivity index (χ1n) is 11.7. The Labute approximate surface area is 243 Å². The van der Waals surface area contributed by atoms with E-state index >= 15 is 0 Å². The van der Waals surface area contributed by atoms with Gasteiger partial charge in [0.1, 0.15) is 17.6 Å². The van der Waals surface area contributed by atoms with Crippen molar-refractivity contribution in [2.45, 2.75) is 10.9 Å². The van der Waals surface area contributed by atoms with E-state index in [-0.39, 0.29) is 34.0 Å². The molecule has 1 aromatic carbocycles. The number of benzene rings is 1. The van der Waals surface area contributed by atoms with Crippen LogP contribution < -0.4 is 0 Å². The topological polar surface area (TPSA) is 232 Å². The number of hydrogen-bond acceptors (Lipinski definition) is 12. The first kappa shape index (κ1) is 30.8. The number of hydrogen-bond donors (Lipinski definition) is 3. The van der Waals surface area contributed by atoms with E-state index in [4.69, 9.17) is 9.47 Å². The first-order chi connectivity index (χ1) is 20.2. The van der Waals surface area contributed by atoms with Crippen LogP contribution in [0.15, 0.2) is 80.7 Å². The maximum atomic E-state index is 13.2. The zero-order valence-electron chi connectivity index (χ0n) is 22.0. The van der Waals surface area contributed by atoms with Crippen molar-refractivity contribution in [1.29, 1.82) is 0 Å². The molecule has 2 aromatic rings. The standard InChI is InChI=1S/C25H20N4O12S2/c1-40-22-19(24(32)29(27-22)20-11-10-17(43(37,38)39)12-14(20)13-30)5-3-4-18-21(25(33)41-2)26-28(23(18)31)15-6-8-16(9-7-15)42(34,35)36/h3-12,20,31H,1-2H3,(H,34,35,36)(H,37,38,39). The highest BCUT2D eigenvalue weighted by Gasteiger charge is 2.38. The summed E-state index contributed by atoms with van der Waals surface area (Å²) in [6, 6.07) is 3.36. The molecule has 1 unspecified atom stereocenters. The van der Waals surface area contributed by atoms with E-state index in [2.05, 4.69) is 10.2 Å². The van der Waals surface area contributed by atoms with Crippen molar-refractivity contribution in [2.75, 3.05) is 14.2 Å². The van der Waals surface area contributed by atoms with E-state index < -0.39 is 53.8 Å². The van der Waals surface area contributed by atoms with Crippen molar-refractivity contribution in [3.8, 4) is 11.6 Å². The molecule has 4 rings (SSSR count). The van der Waals surface area contributed by atoms with Gasteiger partial charge in [-0.1, -0.05) is 12.2 Å². The summed E-state index contributed by atoms with van der Waals surface area (Å²) in [7, 11) is -6.82. The fraction of sp³-hybridized carbons (Fsp3) is 0.120. The number of methoxy groups -OCH3 is 2. The van der Waals surface area contributed by atoms with Crippen LogP contribution >= 0.6 is 0 Å². The third kappa shape index (κ3) is 6.08. The lowest BCUT2D eigenvalue weighted by molar-refractivity contribution is -0.126. The Balaban J connectivity index is 1.68. The highest BCUT2D eigenvalue weighted by Crippen LogP contribution is 2.30. The summed E-state index contributed by atoms with van der Waals surface area (Å²) >= 11 is 0. The van der Waals surface area contributed by atoms with Crippen molar-refractivity contribution in [3.05, 3.63) is 82.0 Å². The zero-order valence-corrected chi connectivity index (χ0v) is 23.6. The van der Waals surface area contributed by atoms with Crippen molar-refractivity contribution < 1.29 is 54.9 Å². The van der Waals surface area contributed by atoms with E-state index in [9.17, 15) is 45.4 Å². The molecule has 1 aromatic heterocycles. The van der Waals surface area contributed by atoms with Crippen molar-refractivity contribution in [3.63, 3.8) is 0 Å². The van der Waals surface area contributed by atoms with E-state index in [1.54, 1.807) is 0 Å². The van der Waals surface area contributed by atoms with Crippen LogP contribution in [0.3, 0.4) is 0 Å². The largest absolute Gasteiger partial charge is 0.493 e. The van der Waals surface area contributed by atoms with Gasteiger partial charge >= 0.3 is 5.97 Å². The molecule has 0 fully saturated rings. The molecule has 1 aliphatic carbocycles. The van der Waals surface area contributed by atoms with E-state index in [0.29, 0.717) is 0 Å². The van der Waals surface area contributed by atoms with Crippen LogP contribution in [0.25, 0.3) is 11.8 Å². The molecule has 1 atom stereocenters. The third-order valence-electron chi connectivity index (χ3n) is 5.98. The lowest BCUT2D eigenvalue weighted by Gasteiger charge is -2.22. The molecule has 3 N–H and O–H groups in total. The normalized spacial score (nSPS) is 18.2. The summed E-state index contributed by atoms with van der Waals surface area (Å²) in [6.07, 6.45) is 6.67. The third-order valence-corrected chi connectivity index (χ3v) is 7.70. The molecule has 0 spiro atoms. The van der Waals surface area contributed by atoms with Gasteiger partial charge in [-0.25, -0.2) is 14.6 Å². The number of aromatic nitrogens is 2. The molecule has 0 bridgehead atoms. The fourth-order valence-corrected chi connectivity index (χ4v) is 4.94. The summed E-state index contributed by atoms with van der Waals surface area (Å²) in [5.74, 6) is -0.947. The molecule has 18 heteroatoms. The van der Waals surface area contributed by atoms with Gasteiger partial charge in [0.15, 0.2) is 5.69 Å². The average Bonchev–Trinajstić information content (AvgIpc) is 3.47. The zero-order chi connectivity index (χ0) is 31.7. The fourth-order valence-electron chi connectivity index (χ4n) is 3.94. The number of allylic oxidation sites excluding steroid dienone is 3. The number of hydrazone groups is 1. The second kappa shape index (κ2) is 11.6. The summed E-state index contributed by atoms with van der Waals surface area (Å²) in [5, 5.41) is 19.7. The van der Waals surface area contributed by atoms with Gasteiger partial charge in [0.2, 0.25) is 11.8 Å². The smallest absolute Gasteiger partial charge is 0.359 e. The summed E-state index contributed by atoms with van der Waals surface area (Å²) in [6.45, 7) is 0. The van der Waals surface area contributed by atoms with Crippen molar-refractivity contribution in [1.82, 2.24) is 14.8 Å². The Bertz CT molecular complexity index is 1940. The monoisotopic (exact) mass is 632 g/mol. The number of ether oxygens (including phenoxy) is 2. The number of aromatic hydroxyl groups is 1. The highest BCUT2D eigenvalue weighted by molar-refractivity contribution is 7.90. The number of rotatable bonds is 7. The summed E-state index contributed by atoms with van der Waals surface area (Å²) in [5.41, 5.74) is -0.819.